The Morgan fingerprint density at radius 2 is 1.94 bits per heavy atom. The van der Waals surface area contributed by atoms with Gasteiger partial charge in [-0.3, -0.25) is 9.98 Å². The minimum atomic E-state index is -0.943. The van der Waals surface area contributed by atoms with E-state index in [1.807, 2.05) is 19.9 Å². The van der Waals surface area contributed by atoms with E-state index >= 15 is 0 Å². The van der Waals surface area contributed by atoms with E-state index in [1.54, 1.807) is 26.2 Å². The minimum Gasteiger partial charge on any atom is -0.478 e. The lowest BCUT2D eigenvalue weighted by Gasteiger charge is -2.03. The third kappa shape index (κ3) is 3.52. The van der Waals surface area contributed by atoms with E-state index in [0.29, 0.717) is 5.70 Å². The lowest BCUT2D eigenvalue weighted by Crippen LogP contribution is -2.01. The van der Waals surface area contributed by atoms with Crippen LogP contribution in [0.2, 0.25) is 0 Å². The molecule has 0 aliphatic heterocycles. The van der Waals surface area contributed by atoms with Crippen LogP contribution in [-0.2, 0) is 4.79 Å². The first kappa shape index (κ1) is 13.1. The van der Waals surface area contributed by atoms with Crippen LogP contribution < -0.4 is 0 Å². The van der Waals surface area contributed by atoms with Crippen molar-refractivity contribution in [2.45, 2.75) is 27.7 Å². The van der Waals surface area contributed by atoms with E-state index in [-0.39, 0.29) is 5.57 Å². The first-order valence-corrected chi connectivity index (χ1v) is 5.30. The van der Waals surface area contributed by atoms with Gasteiger partial charge in [0.05, 0.1) is 5.57 Å². The number of carbonyl (C=O) groups is 1. The molecule has 0 unspecified atom stereocenters. The van der Waals surface area contributed by atoms with Crippen LogP contribution in [0.15, 0.2) is 34.7 Å². The van der Waals surface area contributed by atoms with Crippen LogP contribution in [0.25, 0.3) is 0 Å². The molecule has 0 atom stereocenters. The fourth-order valence-electron chi connectivity index (χ4n) is 1.31. The molecule has 0 saturated heterocycles. The van der Waals surface area contributed by atoms with Crippen molar-refractivity contribution in [2.75, 3.05) is 0 Å². The number of carboxylic acids is 1. The number of hydrogen-bond donors (Lipinski definition) is 1. The van der Waals surface area contributed by atoms with Crippen LogP contribution in [0, 0.1) is 6.92 Å². The summed E-state index contributed by atoms with van der Waals surface area (Å²) in [6.07, 6.45) is 3.48. The van der Waals surface area contributed by atoms with Crippen molar-refractivity contribution in [3.63, 3.8) is 0 Å². The predicted octanol–water partition coefficient (Wildman–Crippen LogP) is 2.58. The fraction of sp³-hybridized carbons (Fsp3) is 0.308. The Hall–Kier alpha value is -1.97. The van der Waals surface area contributed by atoms with Crippen LogP contribution in [0.3, 0.4) is 0 Å². The molecule has 0 amide bonds. The zero-order valence-electron chi connectivity index (χ0n) is 10.5. The van der Waals surface area contributed by atoms with Crippen molar-refractivity contribution < 1.29 is 9.90 Å². The van der Waals surface area contributed by atoms with E-state index in [0.717, 1.165) is 16.8 Å². The topological polar surface area (TPSA) is 62.5 Å². The van der Waals surface area contributed by atoms with Gasteiger partial charge in [-0.15, -0.1) is 0 Å². The van der Waals surface area contributed by atoms with Crippen LogP contribution in [0.5, 0.6) is 0 Å². The number of carboxylic acid groups (broad SMARTS) is 1. The summed E-state index contributed by atoms with van der Waals surface area (Å²) in [6.45, 7) is 7.03. The van der Waals surface area contributed by atoms with Crippen molar-refractivity contribution in [1.82, 2.24) is 4.98 Å². The molecular formula is C13H16N2O2. The summed E-state index contributed by atoms with van der Waals surface area (Å²) in [5, 5.41) is 8.84. The van der Waals surface area contributed by atoms with E-state index in [2.05, 4.69) is 9.98 Å². The van der Waals surface area contributed by atoms with Crippen molar-refractivity contribution in [1.29, 1.82) is 0 Å². The number of rotatable bonds is 3. The molecule has 4 heteroatoms. The zero-order valence-corrected chi connectivity index (χ0v) is 10.5. The van der Waals surface area contributed by atoms with Gasteiger partial charge in [0.25, 0.3) is 0 Å². The van der Waals surface area contributed by atoms with Crippen LogP contribution in [0.4, 0.5) is 0 Å². The average molecular weight is 232 g/mol. The summed E-state index contributed by atoms with van der Waals surface area (Å²) in [6, 6.07) is 1.97. The lowest BCUT2D eigenvalue weighted by molar-refractivity contribution is -0.132. The fourth-order valence-corrected chi connectivity index (χ4v) is 1.31. The number of allylic oxidation sites excluding steroid dienone is 1. The van der Waals surface area contributed by atoms with E-state index < -0.39 is 5.97 Å². The minimum absolute atomic E-state index is 0.255. The molecule has 0 aliphatic carbocycles. The molecule has 0 fully saturated rings. The molecule has 1 N–H and O–H groups in total. The average Bonchev–Trinajstić information content (AvgIpc) is 2.27. The lowest BCUT2D eigenvalue weighted by atomic mass is 10.1. The smallest absolute Gasteiger partial charge is 0.333 e. The molecule has 1 rings (SSSR count). The van der Waals surface area contributed by atoms with Gasteiger partial charge in [0, 0.05) is 29.4 Å². The third-order valence-electron chi connectivity index (χ3n) is 2.49. The van der Waals surface area contributed by atoms with Crippen molar-refractivity contribution in [3.05, 3.63) is 40.9 Å². The van der Waals surface area contributed by atoms with Crippen LogP contribution in [0.1, 0.15) is 31.9 Å². The second kappa shape index (κ2) is 5.39. The van der Waals surface area contributed by atoms with Gasteiger partial charge in [0.15, 0.2) is 0 Å². The highest BCUT2D eigenvalue weighted by molar-refractivity contribution is 5.99. The number of hydrogen-bond acceptors (Lipinski definition) is 3. The quantitative estimate of drug-likeness (QED) is 0.643. The Bertz CT molecular complexity index is 502. The summed E-state index contributed by atoms with van der Waals surface area (Å²) >= 11 is 0. The summed E-state index contributed by atoms with van der Waals surface area (Å²) in [7, 11) is 0. The van der Waals surface area contributed by atoms with Gasteiger partial charge in [-0.25, -0.2) is 4.79 Å². The number of aliphatic imine (C=N–C) groups is 1. The molecule has 0 radical (unpaired) electrons. The van der Waals surface area contributed by atoms with Gasteiger partial charge in [0.1, 0.15) is 0 Å². The molecule has 4 nitrogen and oxygen atoms in total. The molecule has 0 aromatic carbocycles. The molecule has 1 heterocycles. The van der Waals surface area contributed by atoms with Crippen LogP contribution in [-0.4, -0.2) is 21.8 Å². The molecule has 1 aromatic rings. The Kier molecular flexibility index (Phi) is 4.15. The predicted molar refractivity (Wildman–Crippen MR) is 67.2 cm³/mol. The largest absolute Gasteiger partial charge is 0.478 e. The maximum Gasteiger partial charge on any atom is 0.333 e. The van der Waals surface area contributed by atoms with Gasteiger partial charge in [0.2, 0.25) is 0 Å². The number of pyridine rings is 1. The van der Waals surface area contributed by atoms with Gasteiger partial charge in [-0.2, -0.15) is 0 Å². The molecule has 17 heavy (non-hydrogen) atoms. The number of nitrogens with zero attached hydrogens (tertiary/aromatic N) is 2. The number of aryl methyl sites for hydroxylation is 1. The Labute approximate surface area is 101 Å². The molecule has 0 saturated carbocycles. The summed E-state index contributed by atoms with van der Waals surface area (Å²) in [5.74, 6) is -0.943. The second-order valence-corrected chi connectivity index (χ2v) is 3.96. The Morgan fingerprint density at radius 1 is 1.29 bits per heavy atom. The highest BCUT2D eigenvalue weighted by atomic mass is 16.4. The maximum atomic E-state index is 10.8. The van der Waals surface area contributed by atoms with E-state index in [1.165, 1.54) is 0 Å². The molecule has 0 bridgehead atoms. The SMILES string of the molecule is C/C(=N\C(C)=C(/C)C(=O)O)c1cncc(C)c1. The highest BCUT2D eigenvalue weighted by Crippen LogP contribution is 2.09. The molecule has 0 aliphatic rings. The molecule has 1 aromatic heterocycles. The monoisotopic (exact) mass is 232 g/mol. The number of aromatic nitrogens is 1. The molecule has 90 valence electrons. The molecule has 0 spiro atoms. The Balaban J connectivity index is 3.09. The normalized spacial score (nSPS) is 13.3. The second-order valence-electron chi connectivity index (χ2n) is 3.96. The maximum absolute atomic E-state index is 10.8. The summed E-state index contributed by atoms with van der Waals surface area (Å²) < 4.78 is 0. The zero-order chi connectivity index (χ0) is 13.0. The van der Waals surface area contributed by atoms with Gasteiger partial charge >= 0.3 is 5.97 Å². The van der Waals surface area contributed by atoms with Crippen molar-refractivity contribution in [3.8, 4) is 0 Å². The van der Waals surface area contributed by atoms with Crippen molar-refractivity contribution in [2.24, 2.45) is 4.99 Å². The van der Waals surface area contributed by atoms with Gasteiger partial charge in [-0.1, -0.05) is 0 Å². The first-order valence-electron chi connectivity index (χ1n) is 5.30. The van der Waals surface area contributed by atoms with Crippen molar-refractivity contribution >= 4 is 11.7 Å². The molecular weight excluding hydrogens is 216 g/mol. The third-order valence-corrected chi connectivity index (χ3v) is 2.49. The van der Waals surface area contributed by atoms with Gasteiger partial charge < -0.3 is 5.11 Å². The summed E-state index contributed by atoms with van der Waals surface area (Å²) in [5.41, 5.74) is 3.48. The first-order chi connectivity index (χ1) is 7.91. The standard InChI is InChI=1S/C13H16N2O2/c1-8-5-12(7-14-6-8)11(4)15-10(3)9(2)13(16)17/h5-7H,1-4H3,(H,16,17)/b10-9+,15-11+. The summed E-state index contributed by atoms with van der Waals surface area (Å²) in [4.78, 5) is 19.1. The van der Waals surface area contributed by atoms with Crippen LogP contribution >= 0.6 is 0 Å². The number of aliphatic carboxylic acids is 1. The van der Waals surface area contributed by atoms with Gasteiger partial charge in [-0.05, 0) is 39.3 Å². The Morgan fingerprint density at radius 3 is 2.47 bits per heavy atom. The van der Waals surface area contributed by atoms with E-state index in [9.17, 15) is 4.79 Å². The van der Waals surface area contributed by atoms with E-state index in [4.69, 9.17) is 5.11 Å². The highest BCUT2D eigenvalue weighted by Gasteiger charge is 2.05.